The lowest BCUT2D eigenvalue weighted by Gasteiger charge is -2.40. The van der Waals surface area contributed by atoms with Gasteiger partial charge >= 0.3 is 5.69 Å². The molecule has 1 aromatic heterocycles. The van der Waals surface area contributed by atoms with Gasteiger partial charge in [0.05, 0.1) is 6.61 Å². The van der Waals surface area contributed by atoms with Gasteiger partial charge in [-0.05, 0) is 20.8 Å². The third kappa shape index (κ3) is 1.67. The molecule has 0 saturated carbocycles. The van der Waals surface area contributed by atoms with Gasteiger partial charge in [0.2, 0.25) is 5.95 Å². The van der Waals surface area contributed by atoms with Gasteiger partial charge in [0.15, 0.2) is 5.72 Å². The van der Waals surface area contributed by atoms with E-state index in [1.165, 1.54) is 20.8 Å². The second-order valence-electron chi connectivity index (χ2n) is 5.36. The summed E-state index contributed by atoms with van der Waals surface area (Å²) in [4.78, 5) is 19.1. The van der Waals surface area contributed by atoms with Crippen LogP contribution in [-0.4, -0.2) is 53.8 Å². The molecule has 0 spiro atoms. The van der Waals surface area contributed by atoms with Gasteiger partial charge in [-0.15, -0.1) is 0 Å². The lowest BCUT2D eigenvalue weighted by Crippen LogP contribution is -2.62. The Bertz CT molecular complexity index is 584. The Kier molecular flexibility index (Phi) is 3.13. The molecular weight excluding hydrogens is 268 g/mol. The zero-order valence-corrected chi connectivity index (χ0v) is 11.4. The monoisotopic (exact) mass is 286 g/mol. The van der Waals surface area contributed by atoms with E-state index < -0.39 is 35.3 Å². The highest BCUT2D eigenvalue weighted by Gasteiger charge is 2.68. The molecule has 0 aliphatic carbocycles. The van der Waals surface area contributed by atoms with E-state index in [0.29, 0.717) is 0 Å². The van der Waals surface area contributed by atoms with Gasteiger partial charge in [-0.25, -0.2) is 9.78 Å². The van der Waals surface area contributed by atoms with E-state index in [1.54, 1.807) is 0 Å². The minimum atomic E-state index is -1.88. The zero-order valence-electron chi connectivity index (χ0n) is 11.4. The van der Waals surface area contributed by atoms with Gasteiger partial charge in [-0.1, -0.05) is 0 Å². The topological polar surface area (TPSA) is 144 Å². The summed E-state index contributed by atoms with van der Waals surface area (Å²) in [7, 11) is 0. The minimum absolute atomic E-state index is 0.210. The number of ether oxygens (including phenoxy) is 1. The van der Waals surface area contributed by atoms with E-state index in [-0.39, 0.29) is 5.95 Å². The van der Waals surface area contributed by atoms with E-state index in [1.807, 2.05) is 0 Å². The lowest BCUT2D eigenvalue weighted by molar-refractivity contribution is -0.189. The highest BCUT2D eigenvalue weighted by molar-refractivity contribution is 5.16. The van der Waals surface area contributed by atoms with Crippen LogP contribution in [0.3, 0.4) is 0 Å². The number of aliphatic hydroxyl groups is 3. The van der Waals surface area contributed by atoms with Crippen LogP contribution >= 0.6 is 0 Å². The Morgan fingerprint density at radius 2 is 2.05 bits per heavy atom. The number of aliphatic hydroxyl groups excluding tert-OH is 1. The number of nitrogens with two attached hydrogens (primary N) is 1. The first-order valence-corrected chi connectivity index (χ1v) is 6.03. The average molecular weight is 286 g/mol. The molecule has 1 saturated heterocycles. The molecule has 0 aromatic carbocycles. The van der Waals surface area contributed by atoms with Crippen LogP contribution in [0.1, 0.15) is 20.8 Å². The summed E-state index contributed by atoms with van der Waals surface area (Å²) in [5.41, 5.74) is -0.784. The van der Waals surface area contributed by atoms with Crippen molar-refractivity contribution in [1.82, 2.24) is 14.5 Å². The summed E-state index contributed by atoms with van der Waals surface area (Å²) in [6.45, 7) is 3.51. The average Bonchev–Trinajstić information content (AvgIpc) is 2.47. The molecule has 1 fully saturated rings. The molecule has 4 unspecified atom stereocenters. The second-order valence-corrected chi connectivity index (χ2v) is 5.36. The van der Waals surface area contributed by atoms with Crippen molar-refractivity contribution >= 4 is 5.95 Å². The smallest absolute Gasteiger partial charge is 0.354 e. The van der Waals surface area contributed by atoms with Gasteiger partial charge in [0, 0.05) is 0 Å². The van der Waals surface area contributed by atoms with Gasteiger partial charge < -0.3 is 25.8 Å². The third-order valence-corrected chi connectivity index (χ3v) is 4.23. The van der Waals surface area contributed by atoms with Crippen LogP contribution in [0.4, 0.5) is 5.95 Å². The summed E-state index contributed by atoms with van der Waals surface area (Å²) < 4.78 is 6.47. The maximum atomic E-state index is 11.9. The normalized spacial score (nSPS) is 41.0. The maximum Gasteiger partial charge on any atom is 0.354 e. The van der Waals surface area contributed by atoms with E-state index in [4.69, 9.17) is 10.5 Å². The van der Waals surface area contributed by atoms with Crippen LogP contribution in [0.25, 0.3) is 0 Å². The molecule has 0 radical (unpaired) electrons. The van der Waals surface area contributed by atoms with Crippen molar-refractivity contribution in [1.29, 1.82) is 0 Å². The molecule has 20 heavy (non-hydrogen) atoms. The minimum Gasteiger partial charge on any atom is -0.394 e. The molecule has 9 nitrogen and oxygen atoms in total. The Morgan fingerprint density at radius 1 is 1.45 bits per heavy atom. The first kappa shape index (κ1) is 14.9. The Morgan fingerprint density at radius 3 is 2.50 bits per heavy atom. The van der Waals surface area contributed by atoms with Gasteiger partial charge in [0.1, 0.15) is 23.6 Å². The van der Waals surface area contributed by atoms with E-state index in [2.05, 4.69) is 9.97 Å². The molecule has 4 atom stereocenters. The number of hydrogen-bond donors (Lipinski definition) is 4. The first-order valence-electron chi connectivity index (χ1n) is 6.03. The number of hydrogen-bond acceptors (Lipinski definition) is 8. The van der Waals surface area contributed by atoms with E-state index in [0.717, 1.165) is 10.9 Å². The summed E-state index contributed by atoms with van der Waals surface area (Å²) in [6.07, 6.45) is 0.00145. The maximum absolute atomic E-state index is 11.9. The predicted molar refractivity (Wildman–Crippen MR) is 67.6 cm³/mol. The van der Waals surface area contributed by atoms with Crippen molar-refractivity contribution < 1.29 is 20.1 Å². The van der Waals surface area contributed by atoms with Crippen LogP contribution in [0, 0.1) is 0 Å². The zero-order chi connectivity index (χ0) is 15.3. The Labute approximate surface area is 114 Å². The van der Waals surface area contributed by atoms with Crippen molar-refractivity contribution in [3.63, 3.8) is 0 Å². The molecule has 2 rings (SSSR count). The van der Waals surface area contributed by atoms with E-state index >= 15 is 0 Å². The van der Waals surface area contributed by atoms with Gasteiger partial charge in [0.25, 0.3) is 0 Å². The largest absolute Gasteiger partial charge is 0.394 e. The molecular formula is C11H18N4O5. The number of nitrogen functional groups attached to an aromatic ring is 1. The molecule has 112 valence electrons. The molecule has 2 heterocycles. The molecule has 0 bridgehead atoms. The summed E-state index contributed by atoms with van der Waals surface area (Å²) in [5, 5.41) is 30.4. The molecule has 1 aliphatic heterocycles. The number of anilines is 1. The SMILES string of the molecule is CC1(O)C(CO)OC(C)(n2cnc(N)nc2=O)C1(C)O. The number of rotatable bonds is 2. The Hall–Kier alpha value is -1.55. The highest BCUT2D eigenvalue weighted by atomic mass is 16.6. The fourth-order valence-corrected chi connectivity index (χ4v) is 2.44. The number of aromatic nitrogens is 3. The van der Waals surface area contributed by atoms with Gasteiger partial charge in [-0.2, -0.15) is 4.98 Å². The lowest BCUT2D eigenvalue weighted by atomic mass is 9.78. The summed E-state index contributed by atoms with van der Waals surface area (Å²) in [6, 6.07) is 0. The standard InChI is InChI=1S/C11H18N4O5/c1-9(18)6(4-16)20-11(3,10(9,2)19)15-5-13-7(12)14-8(15)17/h5-6,16,18-19H,4H2,1-3H3,(H2,12,14,17). The first-order chi connectivity index (χ1) is 9.08. The van der Waals surface area contributed by atoms with Crippen molar-refractivity contribution in [2.24, 2.45) is 0 Å². The van der Waals surface area contributed by atoms with Crippen LogP contribution < -0.4 is 11.4 Å². The van der Waals surface area contributed by atoms with Gasteiger partial charge in [-0.3, -0.25) is 4.57 Å². The molecule has 1 aliphatic rings. The third-order valence-electron chi connectivity index (χ3n) is 4.23. The summed E-state index contributed by atoms with van der Waals surface area (Å²) in [5.74, 6) is -0.210. The summed E-state index contributed by atoms with van der Waals surface area (Å²) >= 11 is 0. The fraction of sp³-hybridized carbons (Fsp3) is 0.727. The predicted octanol–water partition coefficient (Wildman–Crippen LogP) is -2.21. The van der Waals surface area contributed by atoms with E-state index in [9.17, 15) is 20.1 Å². The quantitative estimate of drug-likeness (QED) is 0.479. The molecule has 0 amide bonds. The van der Waals surface area contributed by atoms with Crippen molar-refractivity contribution in [2.75, 3.05) is 12.3 Å². The van der Waals surface area contributed by atoms with Crippen LogP contribution in [0.5, 0.6) is 0 Å². The van der Waals surface area contributed by atoms with Crippen molar-refractivity contribution in [3.8, 4) is 0 Å². The number of nitrogens with zero attached hydrogens (tertiary/aromatic N) is 3. The second kappa shape index (κ2) is 4.22. The molecule has 5 N–H and O–H groups in total. The fourth-order valence-electron chi connectivity index (χ4n) is 2.44. The molecule has 1 aromatic rings. The van der Waals surface area contributed by atoms with Crippen LogP contribution in [0.15, 0.2) is 11.1 Å². The highest BCUT2D eigenvalue weighted by Crippen LogP contribution is 2.48. The van der Waals surface area contributed by atoms with Crippen LogP contribution in [-0.2, 0) is 10.5 Å². The molecule has 9 heteroatoms. The van der Waals surface area contributed by atoms with Crippen molar-refractivity contribution in [3.05, 3.63) is 16.8 Å². The van der Waals surface area contributed by atoms with Crippen molar-refractivity contribution in [2.45, 2.75) is 43.8 Å². The van der Waals surface area contributed by atoms with Crippen LogP contribution in [0.2, 0.25) is 0 Å². The Balaban J connectivity index is 2.63.